The largest absolute Gasteiger partial charge is 0.452 e. The summed E-state index contributed by atoms with van der Waals surface area (Å²) in [6.07, 6.45) is 3.28. The molecule has 0 N–H and O–H groups in total. The number of rotatable bonds is 4. The number of esters is 1. The minimum Gasteiger partial charge on any atom is -0.452 e. The van der Waals surface area contributed by atoms with Crippen LogP contribution in [0, 0.1) is 0 Å². The molecule has 0 aliphatic carbocycles. The maximum atomic E-state index is 11.9. The van der Waals surface area contributed by atoms with Crippen molar-refractivity contribution in [2.45, 2.75) is 6.61 Å². The zero-order valence-electron chi connectivity index (χ0n) is 11.3. The molecule has 0 spiro atoms. The van der Waals surface area contributed by atoms with Gasteiger partial charge >= 0.3 is 5.97 Å². The molecule has 0 saturated carbocycles. The molecule has 0 bridgehead atoms. The molecule has 110 valence electrons. The fraction of sp³-hybridized carbons (Fsp3) is 0.0667. The minimum atomic E-state index is -0.456. The van der Waals surface area contributed by atoms with Gasteiger partial charge in [-0.15, -0.1) is 0 Å². The van der Waals surface area contributed by atoms with Gasteiger partial charge in [0.1, 0.15) is 0 Å². The van der Waals surface area contributed by atoms with Gasteiger partial charge < -0.3 is 9.26 Å². The number of carbonyl (C=O) groups is 1. The van der Waals surface area contributed by atoms with E-state index in [1.54, 1.807) is 36.7 Å². The molecule has 22 heavy (non-hydrogen) atoms. The van der Waals surface area contributed by atoms with E-state index in [9.17, 15) is 4.79 Å². The van der Waals surface area contributed by atoms with E-state index in [2.05, 4.69) is 31.1 Å². The molecule has 6 nitrogen and oxygen atoms in total. The lowest BCUT2D eigenvalue weighted by Crippen LogP contribution is -2.05. The Kier molecular flexibility index (Phi) is 4.24. The first kappa shape index (κ1) is 14.4. The fourth-order valence-electron chi connectivity index (χ4n) is 1.75. The molecule has 1 aromatic carbocycles. The Balaban J connectivity index is 1.65. The summed E-state index contributed by atoms with van der Waals surface area (Å²) in [6, 6.07) is 10.5. The second kappa shape index (κ2) is 6.48. The van der Waals surface area contributed by atoms with Crippen LogP contribution in [0.5, 0.6) is 0 Å². The van der Waals surface area contributed by atoms with Crippen LogP contribution in [-0.4, -0.2) is 21.1 Å². The number of nitrogens with zero attached hydrogens (tertiary/aromatic N) is 3. The highest BCUT2D eigenvalue weighted by molar-refractivity contribution is 9.10. The molecule has 0 aliphatic rings. The molecule has 3 aromatic rings. The third kappa shape index (κ3) is 3.37. The number of aromatic nitrogens is 3. The van der Waals surface area contributed by atoms with Gasteiger partial charge in [0.25, 0.3) is 5.89 Å². The van der Waals surface area contributed by atoms with Crippen molar-refractivity contribution in [3.05, 3.63) is 64.7 Å². The second-order valence-electron chi connectivity index (χ2n) is 4.34. The molecule has 2 aromatic heterocycles. The van der Waals surface area contributed by atoms with E-state index in [4.69, 9.17) is 9.26 Å². The molecule has 0 radical (unpaired) electrons. The predicted molar refractivity (Wildman–Crippen MR) is 80.8 cm³/mol. The van der Waals surface area contributed by atoms with Gasteiger partial charge in [-0.05, 0) is 30.3 Å². The molecular formula is C15H10BrN3O3. The fourth-order valence-corrected chi connectivity index (χ4v) is 2.15. The van der Waals surface area contributed by atoms with Gasteiger partial charge in [-0.1, -0.05) is 27.2 Å². The standard InChI is InChI=1S/C15H10BrN3O3/c16-12-5-1-3-10(7-12)15(20)21-9-13-18-14(19-22-13)11-4-2-6-17-8-11/h1-8H,9H2. The van der Waals surface area contributed by atoms with Gasteiger partial charge in [0, 0.05) is 22.4 Å². The normalized spacial score (nSPS) is 10.4. The van der Waals surface area contributed by atoms with Crippen molar-refractivity contribution in [1.82, 2.24) is 15.1 Å². The third-order valence-electron chi connectivity index (χ3n) is 2.77. The van der Waals surface area contributed by atoms with E-state index in [1.165, 1.54) is 0 Å². The number of hydrogen-bond acceptors (Lipinski definition) is 6. The first-order valence-corrected chi connectivity index (χ1v) is 7.17. The number of hydrogen-bond donors (Lipinski definition) is 0. The van der Waals surface area contributed by atoms with Crippen molar-refractivity contribution in [3.8, 4) is 11.4 Å². The SMILES string of the molecule is O=C(OCc1nc(-c2cccnc2)no1)c1cccc(Br)c1. The summed E-state index contributed by atoms with van der Waals surface area (Å²) >= 11 is 3.30. The first-order valence-electron chi connectivity index (χ1n) is 6.38. The van der Waals surface area contributed by atoms with E-state index in [-0.39, 0.29) is 12.5 Å². The van der Waals surface area contributed by atoms with Crippen LogP contribution in [0.3, 0.4) is 0 Å². The lowest BCUT2D eigenvalue weighted by Gasteiger charge is -2.01. The number of pyridine rings is 1. The van der Waals surface area contributed by atoms with Gasteiger partial charge in [0.15, 0.2) is 6.61 Å². The monoisotopic (exact) mass is 359 g/mol. The molecular weight excluding hydrogens is 350 g/mol. The van der Waals surface area contributed by atoms with Gasteiger partial charge in [0.05, 0.1) is 5.56 Å². The van der Waals surface area contributed by atoms with Crippen LogP contribution in [-0.2, 0) is 11.3 Å². The zero-order valence-corrected chi connectivity index (χ0v) is 12.9. The highest BCUT2D eigenvalue weighted by Crippen LogP contribution is 2.15. The lowest BCUT2D eigenvalue weighted by molar-refractivity contribution is 0.0429. The summed E-state index contributed by atoms with van der Waals surface area (Å²) in [4.78, 5) is 20.0. The Morgan fingerprint density at radius 2 is 2.18 bits per heavy atom. The van der Waals surface area contributed by atoms with Crippen LogP contribution >= 0.6 is 15.9 Å². The molecule has 3 rings (SSSR count). The second-order valence-corrected chi connectivity index (χ2v) is 5.26. The molecule has 0 unspecified atom stereocenters. The Morgan fingerprint density at radius 1 is 1.27 bits per heavy atom. The van der Waals surface area contributed by atoms with Gasteiger partial charge in [0.2, 0.25) is 5.82 Å². The predicted octanol–water partition coefficient (Wildman–Crippen LogP) is 3.25. The summed E-state index contributed by atoms with van der Waals surface area (Å²) in [5, 5.41) is 3.83. The quantitative estimate of drug-likeness (QED) is 0.665. The maximum Gasteiger partial charge on any atom is 0.338 e. The minimum absolute atomic E-state index is 0.0847. The lowest BCUT2D eigenvalue weighted by atomic mass is 10.2. The Hall–Kier alpha value is -2.54. The molecule has 0 fully saturated rings. The van der Waals surface area contributed by atoms with Crippen LogP contribution in [0.15, 0.2) is 57.8 Å². The maximum absolute atomic E-state index is 11.9. The van der Waals surface area contributed by atoms with Crippen LogP contribution in [0.4, 0.5) is 0 Å². The average molecular weight is 360 g/mol. The number of ether oxygens (including phenoxy) is 1. The Labute approximate surface area is 134 Å². The first-order chi connectivity index (χ1) is 10.7. The van der Waals surface area contributed by atoms with Crippen molar-refractivity contribution < 1.29 is 14.1 Å². The van der Waals surface area contributed by atoms with Crippen LogP contribution in [0.2, 0.25) is 0 Å². The van der Waals surface area contributed by atoms with Crippen molar-refractivity contribution in [1.29, 1.82) is 0 Å². The Bertz CT molecular complexity index is 789. The van der Waals surface area contributed by atoms with E-state index in [0.717, 1.165) is 10.0 Å². The molecule has 7 heteroatoms. The summed E-state index contributed by atoms with van der Waals surface area (Å²) in [5.74, 6) is 0.172. The van der Waals surface area contributed by atoms with Crippen LogP contribution < -0.4 is 0 Å². The van der Waals surface area contributed by atoms with Crippen molar-refractivity contribution in [3.63, 3.8) is 0 Å². The van der Waals surface area contributed by atoms with Gasteiger partial charge in [-0.3, -0.25) is 4.98 Å². The summed E-state index contributed by atoms with van der Waals surface area (Å²) < 4.78 is 11.0. The van der Waals surface area contributed by atoms with Crippen molar-refractivity contribution in [2.24, 2.45) is 0 Å². The Morgan fingerprint density at radius 3 is 2.95 bits per heavy atom. The molecule has 0 amide bonds. The van der Waals surface area contributed by atoms with E-state index in [1.807, 2.05) is 12.1 Å². The number of halogens is 1. The van der Waals surface area contributed by atoms with E-state index < -0.39 is 5.97 Å². The summed E-state index contributed by atoms with van der Waals surface area (Å²) in [7, 11) is 0. The number of benzene rings is 1. The van der Waals surface area contributed by atoms with E-state index in [0.29, 0.717) is 11.4 Å². The molecule has 0 saturated heterocycles. The van der Waals surface area contributed by atoms with Crippen molar-refractivity contribution in [2.75, 3.05) is 0 Å². The van der Waals surface area contributed by atoms with E-state index >= 15 is 0 Å². The van der Waals surface area contributed by atoms with Gasteiger partial charge in [-0.2, -0.15) is 4.98 Å². The van der Waals surface area contributed by atoms with Crippen LogP contribution in [0.25, 0.3) is 11.4 Å². The zero-order chi connectivity index (χ0) is 15.4. The smallest absolute Gasteiger partial charge is 0.338 e. The van der Waals surface area contributed by atoms with Gasteiger partial charge in [-0.25, -0.2) is 4.79 Å². The highest BCUT2D eigenvalue weighted by Gasteiger charge is 2.12. The molecule has 0 aliphatic heterocycles. The highest BCUT2D eigenvalue weighted by atomic mass is 79.9. The molecule has 2 heterocycles. The van der Waals surface area contributed by atoms with Crippen molar-refractivity contribution >= 4 is 21.9 Å². The summed E-state index contributed by atoms with van der Waals surface area (Å²) in [5.41, 5.74) is 1.18. The van der Waals surface area contributed by atoms with Crippen LogP contribution in [0.1, 0.15) is 16.2 Å². The average Bonchev–Trinajstić information content (AvgIpc) is 3.02. The molecule has 0 atom stereocenters. The summed E-state index contributed by atoms with van der Waals surface area (Å²) in [6.45, 7) is -0.0847. The number of carbonyl (C=O) groups excluding carboxylic acids is 1. The topological polar surface area (TPSA) is 78.1 Å². The third-order valence-corrected chi connectivity index (χ3v) is 3.27.